The molecule has 9 nitrogen and oxygen atoms in total. The summed E-state index contributed by atoms with van der Waals surface area (Å²) in [6, 6.07) is 21.4. The molecule has 7 rings (SSSR count). The molecule has 0 unspecified atom stereocenters. The Hall–Kier alpha value is -4.97. The van der Waals surface area contributed by atoms with Gasteiger partial charge in [-0.15, -0.1) is 0 Å². The number of rotatable bonds is 5. The lowest BCUT2D eigenvalue weighted by Crippen LogP contribution is -2.54. The lowest BCUT2D eigenvalue weighted by Gasteiger charge is -2.46. The van der Waals surface area contributed by atoms with Gasteiger partial charge in [0.1, 0.15) is 0 Å². The van der Waals surface area contributed by atoms with Crippen LogP contribution >= 0.6 is 0 Å². The van der Waals surface area contributed by atoms with Crippen LogP contribution in [0.4, 0.5) is 0 Å². The summed E-state index contributed by atoms with van der Waals surface area (Å²) in [4.78, 5) is 48.8. The number of benzene rings is 3. The van der Waals surface area contributed by atoms with E-state index in [1.54, 1.807) is 55.6 Å². The van der Waals surface area contributed by atoms with Gasteiger partial charge in [-0.25, -0.2) is 0 Å². The Morgan fingerprint density at radius 1 is 0.810 bits per heavy atom. The van der Waals surface area contributed by atoms with Crippen LogP contribution < -0.4 is 14.8 Å². The Morgan fingerprint density at radius 2 is 1.36 bits per heavy atom. The van der Waals surface area contributed by atoms with Crippen molar-refractivity contribution in [2.45, 2.75) is 56.1 Å². The van der Waals surface area contributed by atoms with E-state index in [-0.39, 0.29) is 35.8 Å². The summed E-state index contributed by atoms with van der Waals surface area (Å²) < 4.78 is 11.7. The van der Waals surface area contributed by atoms with E-state index in [4.69, 9.17) is 9.47 Å². The standard InChI is InChI=1S/C25H24N2O4.C8H5NO2/c1-30-21-11-10-16(12-22(21)31-18-6-2-3-7-18)25(15-26)13-17(14-25)27-23(28)19-8-4-5-9-20(19)24(27)29;10-7-5-3-1-2-4-6(5)8(11)9-7/h4-5,8-12,17-18H,2-3,6-7,13-14H2,1H3;1-4H,(H,9,10,11). The minimum atomic E-state index is -0.750. The molecule has 0 spiro atoms. The number of methoxy groups -OCH3 is 1. The predicted molar refractivity (Wildman–Crippen MR) is 151 cm³/mol. The molecule has 0 aromatic heterocycles. The molecule has 3 aromatic rings. The molecule has 1 N–H and O–H groups in total. The number of carbonyl (C=O) groups excluding carboxylic acids is 4. The van der Waals surface area contributed by atoms with E-state index in [0.717, 1.165) is 31.2 Å². The van der Waals surface area contributed by atoms with Crippen LogP contribution in [-0.2, 0) is 5.41 Å². The average molecular weight is 564 g/mol. The summed E-state index contributed by atoms with van der Waals surface area (Å²) in [6.45, 7) is 0. The summed E-state index contributed by atoms with van der Waals surface area (Å²) in [6.07, 6.45) is 5.40. The van der Waals surface area contributed by atoms with E-state index in [1.165, 1.54) is 4.90 Å². The van der Waals surface area contributed by atoms with Crippen LogP contribution in [0.25, 0.3) is 0 Å². The minimum absolute atomic E-state index is 0.176. The Kier molecular flexibility index (Phi) is 6.99. The Labute approximate surface area is 243 Å². The van der Waals surface area contributed by atoms with E-state index in [2.05, 4.69) is 11.4 Å². The van der Waals surface area contributed by atoms with Gasteiger partial charge in [0.05, 0.1) is 47.0 Å². The Bertz CT molecular complexity index is 1580. The van der Waals surface area contributed by atoms with Crippen molar-refractivity contribution in [2.75, 3.05) is 7.11 Å². The second-order valence-electron chi connectivity index (χ2n) is 11.0. The lowest BCUT2D eigenvalue weighted by molar-refractivity contribution is 0.0421. The second kappa shape index (κ2) is 10.8. The fraction of sp³-hybridized carbons (Fsp3) is 0.303. The minimum Gasteiger partial charge on any atom is -0.493 e. The summed E-state index contributed by atoms with van der Waals surface area (Å²) in [7, 11) is 1.61. The van der Waals surface area contributed by atoms with Crippen LogP contribution in [0.2, 0.25) is 0 Å². The number of nitrogens with zero attached hydrogens (tertiary/aromatic N) is 2. The number of nitriles is 1. The van der Waals surface area contributed by atoms with Gasteiger partial charge in [0, 0.05) is 6.04 Å². The largest absolute Gasteiger partial charge is 0.493 e. The monoisotopic (exact) mass is 563 g/mol. The molecule has 2 aliphatic heterocycles. The van der Waals surface area contributed by atoms with Gasteiger partial charge in [0.15, 0.2) is 11.5 Å². The fourth-order valence-electron chi connectivity index (χ4n) is 6.23. The molecule has 0 saturated heterocycles. The van der Waals surface area contributed by atoms with Crippen molar-refractivity contribution in [3.8, 4) is 17.6 Å². The number of nitrogens with one attached hydrogen (secondary N) is 1. The van der Waals surface area contributed by atoms with E-state index in [0.29, 0.717) is 46.6 Å². The molecular formula is C33H29N3O6. The maximum Gasteiger partial charge on any atom is 0.261 e. The highest BCUT2D eigenvalue weighted by atomic mass is 16.5. The number of carbonyl (C=O) groups is 4. The summed E-state index contributed by atoms with van der Waals surface area (Å²) in [5.74, 6) is 0.177. The topological polar surface area (TPSA) is 126 Å². The molecule has 0 bridgehead atoms. The van der Waals surface area contributed by atoms with Crippen LogP contribution in [0.3, 0.4) is 0 Å². The fourth-order valence-corrected chi connectivity index (χ4v) is 6.23. The van der Waals surface area contributed by atoms with Gasteiger partial charge in [-0.3, -0.25) is 29.4 Å². The van der Waals surface area contributed by atoms with E-state index >= 15 is 0 Å². The third-order valence-electron chi connectivity index (χ3n) is 8.53. The van der Waals surface area contributed by atoms with Crippen molar-refractivity contribution in [3.63, 3.8) is 0 Å². The molecule has 2 aliphatic carbocycles. The number of hydrogen-bond acceptors (Lipinski definition) is 7. The van der Waals surface area contributed by atoms with Crippen LogP contribution in [0, 0.1) is 11.3 Å². The first kappa shape index (κ1) is 27.2. The number of imide groups is 2. The summed E-state index contributed by atoms with van der Waals surface area (Å²) >= 11 is 0. The van der Waals surface area contributed by atoms with Crippen molar-refractivity contribution in [2.24, 2.45) is 0 Å². The number of ether oxygens (including phenoxy) is 2. The zero-order chi connectivity index (χ0) is 29.4. The Morgan fingerprint density at radius 3 is 1.88 bits per heavy atom. The second-order valence-corrected chi connectivity index (χ2v) is 11.0. The zero-order valence-corrected chi connectivity index (χ0v) is 23.1. The van der Waals surface area contributed by atoms with Gasteiger partial charge in [0.25, 0.3) is 23.6 Å². The van der Waals surface area contributed by atoms with Gasteiger partial charge in [-0.1, -0.05) is 30.3 Å². The zero-order valence-electron chi connectivity index (χ0n) is 23.1. The number of fused-ring (bicyclic) bond motifs is 2. The molecular weight excluding hydrogens is 534 g/mol. The van der Waals surface area contributed by atoms with Gasteiger partial charge in [-0.05, 0) is 80.5 Å². The van der Waals surface area contributed by atoms with Crippen molar-refractivity contribution < 1.29 is 28.7 Å². The molecule has 0 radical (unpaired) electrons. The van der Waals surface area contributed by atoms with Crippen LogP contribution in [0.1, 0.15) is 85.5 Å². The molecule has 212 valence electrons. The van der Waals surface area contributed by atoms with Crippen molar-refractivity contribution in [1.82, 2.24) is 10.2 Å². The molecule has 9 heteroatoms. The van der Waals surface area contributed by atoms with Crippen molar-refractivity contribution in [3.05, 3.63) is 94.5 Å². The van der Waals surface area contributed by atoms with Gasteiger partial charge in [-0.2, -0.15) is 5.26 Å². The van der Waals surface area contributed by atoms with Gasteiger partial charge in [0.2, 0.25) is 0 Å². The van der Waals surface area contributed by atoms with Crippen LogP contribution in [0.5, 0.6) is 11.5 Å². The number of amides is 4. The maximum atomic E-state index is 12.8. The third-order valence-corrected chi connectivity index (χ3v) is 8.53. The smallest absolute Gasteiger partial charge is 0.261 e. The SMILES string of the molecule is COc1ccc(C2(C#N)CC(N3C(=O)c4ccccc4C3=O)C2)cc1OC1CCCC1.O=C1NC(=O)c2ccccc21. The first-order valence-corrected chi connectivity index (χ1v) is 14.0. The van der Waals surface area contributed by atoms with Crippen molar-refractivity contribution in [1.29, 1.82) is 5.26 Å². The van der Waals surface area contributed by atoms with Gasteiger partial charge >= 0.3 is 0 Å². The number of hydrogen-bond donors (Lipinski definition) is 1. The van der Waals surface area contributed by atoms with E-state index < -0.39 is 5.41 Å². The molecule has 4 amide bonds. The normalized spacial score (nSPS) is 22.4. The quantitative estimate of drug-likeness (QED) is 0.442. The molecule has 2 saturated carbocycles. The van der Waals surface area contributed by atoms with Crippen LogP contribution in [0.15, 0.2) is 66.7 Å². The highest BCUT2D eigenvalue weighted by Gasteiger charge is 2.53. The van der Waals surface area contributed by atoms with E-state index in [9.17, 15) is 24.4 Å². The summed E-state index contributed by atoms with van der Waals surface area (Å²) in [5, 5.41) is 12.3. The molecule has 42 heavy (non-hydrogen) atoms. The molecule has 2 heterocycles. The lowest BCUT2D eigenvalue weighted by atomic mass is 9.62. The van der Waals surface area contributed by atoms with Crippen molar-refractivity contribution >= 4 is 23.6 Å². The van der Waals surface area contributed by atoms with Crippen LogP contribution in [-0.4, -0.2) is 47.8 Å². The molecule has 4 aliphatic rings. The molecule has 2 fully saturated rings. The predicted octanol–water partition coefficient (Wildman–Crippen LogP) is 4.81. The average Bonchev–Trinajstić information content (AvgIpc) is 3.67. The first-order valence-electron chi connectivity index (χ1n) is 14.0. The highest BCUT2D eigenvalue weighted by Crippen LogP contribution is 2.49. The maximum absolute atomic E-state index is 12.8. The van der Waals surface area contributed by atoms with E-state index in [1.807, 2.05) is 18.2 Å². The molecule has 3 aromatic carbocycles. The first-order chi connectivity index (χ1) is 20.3. The highest BCUT2D eigenvalue weighted by molar-refractivity contribution is 6.22. The van der Waals surface area contributed by atoms with Gasteiger partial charge < -0.3 is 9.47 Å². The summed E-state index contributed by atoms with van der Waals surface area (Å²) in [5.41, 5.74) is 1.92. The molecule has 0 atom stereocenters. The third kappa shape index (κ3) is 4.59. The Balaban J connectivity index is 0.000000240.